The highest BCUT2D eigenvalue weighted by molar-refractivity contribution is 7.47. The zero-order valence-corrected chi connectivity index (χ0v) is 36.2. The molecule has 318 valence electrons. The quantitative estimate of drug-likeness (QED) is 0.0163. The van der Waals surface area contributed by atoms with Crippen molar-refractivity contribution in [3.05, 3.63) is 48.6 Å². The predicted octanol–water partition coefficient (Wildman–Crippen LogP) is 10.9. The van der Waals surface area contributed by atoms with Crippen molar-refractivity contribution in [1.82, 2.24) is 0 Å². The minimum Gasteiger partial charge on any atom is -0.462 e. The van der Waals surface area contributed by atoms with Crippen LogP contribution in [0.4, 0.5) is 0 Å². The summed E-state index contributed by atoms with van der Waals surface area (Å²) in [6.07, 6.45) is 39.0. The number of phosphoric ester groups is 1. The van der Waals surface area contributed by atoms with E-state index >= 15 is 0 Å². The molecule has 0 aromatic rings. The van der Waals surface area contributed by atoms with Crippen LogP contribution in [0.1, 0.15) is 155 Å². The van der Waals surface area contributed by atoms with E-state index in [0.29, 0.717) is 36.1 Å². The average Bonchev–Trinajstić information content (AvgIpc) is 3.89. The smallest absolute Gasteiger partial charge is 0.462 e. The van der Waals surface area contributed by atoms with Crippen LogP contribution in [0.25, 0.3) is 0 Å². The van der Waals surface area contributed by atoms with Crippen LogP contribution in [-0.2, 0) is 37.4 Å². The highest BCUT2D eigenvalue weighted by atomic mass is 31.2. The lowest BCUT2D eigenvalue weighted by Gasteiger charge is -2.24. The fourth-order valence-corrected chi connectivity index (χ4v) is 6.47. The van der Waals surface area contributed by atoms with E-state index in [0.717, 1.165) is 70.6 Å². The van der Waals surface area contributed by atoms with Crippen molar-refractivity contribution in [3.8, 4) is 0 Å². The van der Waals surface area contributed by atoms with Crippen molar-refractivity contribution in [2.24, 2.45) is 0 Å². The summed E-state index contributed by atoms with van der Waals surface area (Å²) < 4.78 is 40.0. The van der Waals surface area contributed by atoms with Crippen LogP contribution in [0, 0.1) is 0 Å². The molecule has 4 atom stereocenters. The van der Waals surface area contributed by atoms with Gasteiger partial charge in [-0.1, -0.05) is 114 Å². The molecule has 0 aromatic carbocycles. The molecule has 1 aliphatic rings. The third kappa shape index (κ3) is 33.8. The molecule has 3 unspecified atom stereocenters. The van der Waals surface area contributed by atoms with Crippen LogP contribution >= 0.6 is 7.82 Å². The molecule has 1 aliphatic heterocycles. The first-order valence-corrected chi connectivity index (χ1v) is 23.0. The van der Waals surface area contributed by atoms with Crippen molar-refractivity contribution in [2.75, 3.05) is 47.5 Å². The van der Waals surface area contributed by atoms with Gasteiger partial charge < -0.3 is 23.6 Å². The predicted molar refractivity (Wildman–Crippen MR) is 224 cm³/mol. The zero-order valence-electron chi connectivity index (χ0n) is 35.3. The third-order valence-electron chi connectivity index (χ3n) is 9.26. The molecule has 0 saturated carbocycles. The van der Waals surface area contributed by atoms with E-state index in [1.165, 1.54) is 44.9 Å². The number of carbonyl (C=O) groups excluding carboxylic acids is 2. The number of epoxide rings is 1. The minimum atomic E-state index is -4.39. The number of nitrogens with zero attached hydrogens (tertiary/aromatic N) is 1. The maximum Gasteiger partial charge on any atom is 0.472 e. The molecule has 1 rings (SSSR count). The molecule has 0 aliphatic carbocycles. The Morgan fingerprint density at radius 1 is 0.673 bits per heavy atom. The normalized spacial score (nSPS) is 17.8. The molecular weight excluding hydrogens is 717 g/mol. The Bertz CT molecular complexity index is 1150. The summed E-state index contributed by atoms with van der Waals surface area (Å²) in [6, 6.07) is 0. The molecule has 1 N–H and O–H groups in total. The molecule has 0 amide bonds. The van der Waals surface area contributed by atoms with Gasteiger partial charge in [-0.15, -0.1) is 0 Å². The summed E-state index contributed by atoms with van der Waals surface area (Å²) in [5.41, 5.74) is 0. The lowest BCUT2D eigenvalue weighted by molar-refractivity contribution is -0.870. The van der Waals surface area contributed by atoms with E-state index in [4.69, 9.17) is 23.3 Å². The van der Waals surface area contributed by atoms with Crippen LogP contribution in [0.5, 0.6) is 0 Å². The molecule has 0 radical (unpaired) electrons. The maximum atomic E-state index is 12.7. The van der Waals surface area contributed by atoms with Gasteiger partial charge in [0.25, 0.3) is 0 Å². The number of likely N-dealkylation sites (N-methyl/N-ethyl adjacent to an activating group) is 1. The van der Waals surface area contributed by atoms with Crippen molar-refractivity contribution in [2.45, 2.75) is 173 Å². The molecule has 1 heterocycles. The number of carbonyl (C=O) groups is 2. The van der Waals surface area contributed by atoms with E-state index in [1.54, 1.807) is 0 Å². The Hall–Kier alpha value is -2.07. The number of hydrogen-bond acceptors (Lipinski definition) is 8. The van der Waals surface area contributed by atoms with E-state index < -0.39 is 32.5 Å². The number of quaternary nitrogens is 1. The van der Waals surface area contributed by atoms with Gasteiger partial charge >= 0.3 is 19.8 Å². The van der Waals surface area contributed by atoms with Crippen LogP contribution in [-0.4, -0.2) is 87.1 Å². The van der Waals surface area contributed by atoms with E-state index in [-0.39, 0.29) is 26.1 Å². The average molecular weight is 797 g/mol. The summed E-state index contributed by atoms with van der Waals surface area (Å²) in [4.78, 5) is 35.3. The fraction of sp³-hybridized carbons (Fsp3) is 0.773. The monoisotopic (exact) mass is 797 g/mol. The standard InChI is InChI=1S/C44H78NO9P/c1-6-8-10-11-12-13-14-15-16-17-18-19-24-27-31-35-44(47)53-40(39-52-55(48,49)51-37-36-45(3,4)5)38-50-43(46)34-30-26-23-21-20-22-25-29-33-42-41(54-42)32-28-9-7-2/h12-13,15-16,18-19,25,29,40-42H,6-11,14,17,20-24,26-28,30-39H2,1-5H3/p+1/b13-12-,16-15-,19-18-,29-25-/t40-,41?,42?/m1/s1. The number of rotatable bonds is 37. The van der Waals surface area contributed by atoms with Gasteiger partial charge in [-0.3, -0.25) is 18.6 Å². The molecule has 1 fully saturated rings. The Morgan fingerprint density at radius 2 is 1.22 bits per heavy atom. The Morgan fingerprint density at radius 3 is 1.89 bits per heavy atom. The summed E-state index contributed by atoms with van der Waals surface area (Å²) in [7, 11) is 1.43. The third-order valence-corrected chi connectivity index (χ3v) is 10.2. The molecule has 0 bridgehead atoms. The lowest BCUT2D eigenvalue weighted by atomic mass is 10.1. The summed E-state index contributed by atoms with van der Waals surface area (Å²) in [5.74, 6) is -0.869. The van der Waals surface area contributed by atoms with E-state index in [2.05, 4.69) is 62.5 Å². The first-order chi connectivity index (χ1) is 26.5. The van der Waals surface area contributed by atoms with E-state index in [9.17, 15) is 19.0 Å². The topological polar surface area (TPSA) is 121 Å². The number of hydrogen-bond donors (Lipinski definition) is 1. The van der Waals surface area contributed by atoms with Crippen LogP contribution in [0.3, 0.4) is 0 Å². The summed E-state index contributed by atoms with van der Waals surface area (Å²) in [6.45, 7) is 4.28. The Balaban J connectivity index is 2.33. The molecule has 1 saturated heterocycles. The number of ether oxygens (including phenoxy) is 3. The van der Waals surface area contributed by atoms with Gasteiger partial charge in [-0.2, -0.15) is 0 Å². The molecule has 0 aromatic heterocycles. The van der Waals surface area contributed by atoms with Crippen molar-refractivity contribution < 1.29 is 46.8 Å². The summed E-state index contributed by atoms with van der Waals surface area (Å²) >= 11 is 0. The summed E-state index contributed by atoms with van der Waals surface area (Å²) in [5, 5.41) is 0. The fourth-order valence-electron chi connectivity index (χ4n) is 5.73. The van der Waals surface area contributed by atoms with Crippen molar-refractivity contribution >= 4 is 19.8 Å². The minimum absolute atomic E-state index is 0.0180. The molecule has 55 heavy (non-hydrogen) atoms. The first kappa shape index (κ1) is 50.9. The Kier molecular flexibility index (Phi) is 30.5. The Labute approximate surface area is 335 Å². The zero-order chi connectivity index (χ0) is 40.5. The van der Waals surface area contributed by atoms with Crippen LogP contribution in [0.15, 0.2) is 48.6 Å². The molecule has 10 nitrogen and oxygen atoms in total. The number of unbranched alkanes of at least 4 members (excludes halogenated alkanes) is 12. The molecule has 0 spiro atoms. The second kappa shape index (κ2) is 33.0. The van der Waals surface area contributed by atoms with Crippen LogP contribution in [0.2, 0.25) is 0 Å². The maximum absolute atomic E-state index is 12.7. The van der Waals surface area contributed by atoms with Gasteiger partial charge in [-0.25, -0.2) is 4.57 Å². The number of esters is 2. The highest BCUT2D eigenvalue weighted by Gasteiger charge is 2.36. The second-order valence-corrected chi connectivity index (χ2v) is 17.2. The lowest BCUT2D eigenvalue weighted by Crippen LogP contribution is -2.37. The largest absolute Gasteiger partial charge is 0.472 e. The molecular formula is C44H79NO9P+. The first-order valence-electron chi connectivity index (χ1n) is 21.5. The number of phosphoric acid groups is 1. The van der Waals surface area contributed by atoms with Crippen LogP contribution < -0.4 is 0 Å². The van der Waals surface area contributed by atoms with Crippen molar-refractivity contribution in [3.63, 3.8) is 0 Å². The number of allylic oxidation sites excluding steroid dienone is 7. The van der Waals surface area contributed by atoms with Gasteiger partial charge in [-0.05, 0) is 77.0 Å². The van der Waals surface area contributed by atoms with E-state index in [1.807, 2.05) is 21.1 Å². The van der Waals surface area contributed by atoms with Gasteiger partial charge in [0.15, 0.2) is 6.10 Å². The highest BCUT2D eigenvalue weighted by Crippen LogP contribution is 2.43. The molecule has 11 heteroatoms. The van der Waals surface area contributed by atoms with Gasteiger partial charge in [0, 0.05) is 12.8 Å². The SMILES string of the molecule is CCCCC/C=C\C/C=C\C/C=C\CCCCC(=O)O[C@H](COC(=O)CCCCCCC/C=C\CC1OC1CCCCC)COP(=O)(O)OCC[N+](C)(C)C. The van der Waals surface area contributed by atoms with Gasteiger partial charge in [0.2, 0.25) is 0 Å². The van der Waals surface area contributed by atoms with Crippen molar-refractivity contribution in [1.29, 1.82) is 0 Å². The van der Waals surface area contributed by atoms with Gasteiger partial charge in [0.1, 0.15) is 19.8 Å². The van der Waals surface area contributed by atoms with Gasteiger partial charge in [0.05, 0.1) is 40.0 Å². The second-order valence-electron chi connectivity index (χ2n) is 15.8.